The molecule has 0 spiro atoms. The van der Waals surface area contributed by atoms with Crippen LogP contribution < -0.4 is 10.2 Å². The van der Waals surface area contributed by atoms with Crippen LogP contribution in [0.3, 0.4) is 0 Å². The summed E-state index contributed by atoms with van der Waals surface area (Å²) >= 11 is 12.1. The van der Waals surface area contributed by atoms with Crippen LogP contribution in [0.25, 0.3) is 0 Å². The van der Waals surface area contributed by atoms with E-state index in [-0.39, 0.29) is 0 Å². The van der Waals surface area contributed by atoms with Crippen LogP contribution in [0.15, 0.2) is 18.2 Å². The quantitative estimate of drug-likeness (QED) is 0.861. The van der Waals surface area contributed by atoms with Crippen LogP contribution in [0, 0.1) is 0 Å². The topological polar surface area (TPSA) is 15.3 Å². The van der Waals surface area contributed by atoms with E-state index >= 15 is 0 Å². The molecule has 1 saturated heterocycles. The Hall–Kier alpha value is -0.440. The van der Waals surface area contributed by atoms with E-state index in [1.807, 2.05) is 25.2 Å². The molecule has 1 N–H and O–H groups in total. The number of benzene rings is 1. The lowest BCUT2D eigenvalue weighted by atomic mass is 10.3. The van der Waals surface area contributed by atoms with E-state index in [1.54, 1.807) is 0 Å². The average Bonchev–Trinajstić information content (AvgIpc) is 2.70. The van der Waals surface area contributed by atoms with Crippen LogP contribution in [-0.2, 0) is 0 Å². The van der Waals surface area contributed by atoms with Gasteiger partial charge in [-0.05, 0) is 31.7 Å². The van der Waals surface area contributed by atoms with E-state index in [1.165, 1.54) is 0 Å². The molecule has 1 aliphatic heterocycles. The lowest BCUT2D eigenvalue weighted by molar-refractivity contribution is 0.617. The summed E-state index contributed by atoms with van der Waals surface area (Å²) < 4.78 is 0. The molecule has 1 atom stereocenters. The fraction of sp³-hybridized carbons (Fsp3) is 0.455. The van der Waals surface area contributed by atoms with Gasteiger partial charge in [0.25, 0.3) is 0 Å². The Morgan fingerprint density at radius 1 is 1.40 bits per heavy atom. The highest BCUT2D eigenvalue weighted by atomic mass is 35.5. The molecule has 0 bridgehead atoms. The number of hydrogen-bond donors (Lipinski definition) is 1. The highest BCUT2D eigenvalue weighted by Crippen LogP contribution is 2.31. The molecule has 0 aromatic heterocycles. The van der Waals surface area contributed by atoms with Crippen molar-refractivity contribution in [3.63, 3.8) is 0 Å². The van der Waals surface area contributed by atoms with Gasteiger partial charge in [-0.15, -0.1) is 0 Å². The largest absolute Gasteiger partial charge is 0.369 e. The molecule has 1 fully saturated rings. The lowest BCUT2D eigenvalue weighted by Gasteiger charge is -2.20. The molecule has 1 unspecified atom stereocenters. The summed E-state index contributed by atoms with van der Waals surface area (Å²) in [5.41, 5.74) is 1.04. The molecule has 0 amide bonds. The molecule has 4 heteroatoms. The Morgan fingerprint density at radius 2 is 2.20 bits per heavy atom. The summed E-state index contributed by atoms with van der Waals surface area (Å²) in [5.74, 6) is 0. The van der Waals surface area contributed by atoms with Gasteiger partial charge in [0.1, 0.15) is 0 Å². The molecule has 2 nitrogen and oxygen atoms in total. The van der Waals surface area contributed by atoms with Crippen LogP contribution in [0.5, 0.6) is 0 Å². The van der Waals surface area contributed by atoms with Gasteiger partial charge in [-0.25, -0.2) is 0 Å². The first-order valence-electron chi connectivity index (χ1n) is 5.08. The normalized spacial score (nSPS) is 21.0. The Balaban J connectivity index is 2.19. The first kappa shape index (κ1) is 11.1. The van der Waals surface area contributed by atoms with Gasteiger partial charge in [0, 0.05) is 24.2 Å². The zero-order valence-electron chi connectivity index (χ0n) is 8.63. The SMILES string of the molecule is CNC1CCN(c2cc(Cl)ccc2Cl)C1. The average molecular weight is 245 g/mol. The van der Waals surface area contributed by atoms with Crippen molar-refractivity contribution in [1.82, 2.24) is 5.32 Å². The molecular weight excluding hydrogens is 231 g/mol. The number of likely N-dealkylation sites (N-methyl/N-ethyl adjacent to an activating group) is 1. The first-order valence-corrected chi connectivity index (χ1v) is 5.83. The second-order valence-corrected chi connectivity index (χ2v) is 4.66. The fourth-order valence-corrected chi connectivity index (χ4v) is 2.35. The molecule has 1 aliphatic rings. The van der Waals surface area contributed by atoms with Crippen LogP contribution in [0.2, 0.25) is 10.0 Å². The van der Waals surface area contributed by atoms with E-state index in [4.69, 9.17) is 23.2 Å². The predicted molar refractivity (Wildman–Crippen MR) is 66.1 cm³/mol. The van der Waals surface area contributed by atoms with Crippen molar-refractivity contribution in [3.8, 4) is 0 Å². The third kappa shape index (κ3) is 2.39. The van der Waals surface area contributed by atoms with E-state index in [0.717, 1.165) is 35.2 Å². The van der Waals surface area contributed by atoms with Gasteiger partial charge in [-0.1, -0.05) is 23.2 Å². The Kier molecular flexibility index (Phi) is 3.39. The van der Waals surface area contributed by atoms with Gasteiger partial charge >= 0.3 is 0 Å². The second kappa shape index (κ2) is 4.60. The fourth-order valence-electron chi connectivity index (χ4n) is 1.94. The van der Waals surface area contributed by atoms with Gasteiger partial charge in [-0.2, -0.15) is 0 Å². The number of nitrogens with zero attached hydrogens (tertiary/aromatic N) is 1. The molecule has 1 heterocycles. The zero-order chi connectivity index (χ0) is 10.8. The van der Waals surface area contributed by atoms with Crippen molar-refractivity contribution in [1.29, 1.82) is 0 Å². The van der Waals surface area contributed by atoms with Crippen molar-refractivity contribution < 1.29 is 0 Å². The van der Waals surface area contributed by atoms with Crippen LogP contribution in [-0.4, -0.2) is 26.2 Å². The van der Waals surface area contributed by atoms with Crippen LogP contribution >= 0.6 is 23.2 Å². The van der Waals surface area contributed by atoms with Crippen molar-refractivity contribution in [2.75, 3.05) is 25.0 Å². The standard InChI is InChI=1S/C11H14Cl2N2/c1-14-9-4-5-15(7-9)11-6-8(12)2-3-10(11)13/h2-3,6,9,14H,4-5,7H2,1H3. The Labute approximate surface area is 100 Å². The third-order valence-electron chi connectivity index (χ3n) is 2.85. The summed E-state index contributed by atoms with van der Waals surface area (Å²) in [4.78, 5) is 2.27. The van der Waals surface area contributed by atoms with Crippen molar-refractivity contribution in [2.24, 2.45) is 0 Å². The Morgan fingerprint density at radius 3 is 2.87 bits per heavy atom. The summed E-state index contributed by atoms with van der Waals surface area (Å²) in [6, 6.07) is 6.16. The molecular formula is C11H14Cl2N2. The first-order chi connectivity index (χ1) is 7.20. The second-order valence-electron chi connectivity index (χ2n) is 3.82. The predicted octanol–water partition coefficient (Wildman–Crippen LogP) is 2.79. The number of halogens is 2. The van der Waals surface area contributed by atoms with Gasteiger partial charge in [-0.3, -0.25) is 0 Å². The number of hydrogen-bond acceptors (Lipinski definition) is 2. The molecule has 1 aromatic carbocycles. The zero-order valence-corrected chi connectivity index (χ0v) is 10.1. The number of rotatable bonds is 2. The maximum absolute atomic E-state index is 6.15. The monoisotopic (exact) mass is 244 g/mol. The van der Waals surface area contributed by atoms with Gasteiger partial charge in [0.15, 0.2) is 0 Å². The molecule has 2 rings (SSSR count). The summed E-state index contributed by atoms with van der Waals surface area (Å²) in [7, 11) is 1.99. The van der Waals surface area contributed by atoms with Crippen LogP contribution in [0.4, 0.5) is 5.69 Å². The van der Waals surface area contributed by atoms with Crippen LogP contribution in [0.1, 0.15) is 6.42 Å². The van der Waals surface area contributed by atoms with Crippen molar-refractivity contribution in [3.05, 3.63) is 28.2 Å². The lowest BCUT2D eigenvalue weighted by Crippen LogP contribution is -2.29. The summed E-state index contributed by atoms with van der Waals surface area (Å²) in [5, 5.41) is 4.79. The van der Waals surface area contributed by atoms with E-state index in [2.05, 4.69) is 10.2 Å². The summed E-state index contributed by atoms with van der Waals surface area (Å²) in [6.45, 7) is 2.03. The molecule has 82 valence electrons. The van der Waals surface area contributed by atoms with E-state index < -0.39 is 0 Å². The molecule has 15 heavy (non-hydrogen) atoms. The van der Waals surface area contributed by atoms with Gasteiger partial charge < -0.3 is 10.2 Å². The molecule has 0 saturated carbocycles. The van der Waals surface area contributed by atoms with E-state index in [9.17, 15) is 0 Å². The van der Waals surface area contributed by atoms with E-state index in [0.29, 0.717) is 6.04 Å². The highest BCUT2D eigenvalue weighted by molar-refractivity contribution is 6.35. The van der Waals surface area contributed by atoms with Gasteiger partial charge in [0.05, 0.1) is 10.7 Å². The van der Waals surface area contributed by atoms with Crippen molar-refractivity contribution >= 4 is 28.9 Å². The highest BCUT2D eigenvalue weighted by Gasteiger charge is 2.22. The maximum atomic E-state index is 6.15. The minimum atomic E-state index is 0.556. The minimum absolute atomic E-state index is 0.556. The number of nitrogens with one attached hydrogen (secondary N) is 1. The summed E-state index contributed by atoms with van der Waals surface area (Å²) in [6.07, 6.45) is 1.15. The van der Waals surface area contributed by atoms with Crippen molar-refractivity contribution in [2.45, 2.75) is 12.5 Å². The smallest absolute Gasteiger partial charge is 0.0640 e. The minimum Gasteiger partial charge on any atom is -0.369 e. The molecule has 0 aliphatic carbocycles. The third-order valence-corrected chi connectivity index (χ3v) is 3.40. The molecule has 0 radical (unpaired) electrons. The van der Waals surface area contributed by atoms with Gasteiger partial charge in [0.2, 0.25) is 0 Å². The molecule has 1 aromatic rings. The Bertz CT molecular complexity index is 354. The number of anilines is 1. The maximum Gasteiger partial charge on any atom is 0.0640 e.